The van der Waals surface area contributed by atoms with Crippen LogP contribution < -0.4 is 16.0 Å². The van der Waals surface area contributed by atoms with Crippen molar-refractivity contribution in [3.63, 3.8) is 0 Å². The average Bonchev–Trinajstić information content (AvgIpc) is 2.45. The van der Waals surface area contributed by atoms with Crippen molar-refractivity contribution in [3.8, 4) is 0 Å². The van der Waals surface area contributed by atoms with E-state index in [0.717, 1.165) is 11.3 Å². The molecule has 3 N–H and O–H groups in total. The van der Waals surface area contributed by atoms with Gasteiger partial charge in [-0.25, -0.2) is 0 Å². The Morgan fingerprint density at radius 3 is 2.19 bits per heavy atom. The van der Waals surface area contributed by atoms with E-state index < -0.39 is 5.54 Å². The van der Waals surface area contributed by atoms with Crippen molar-refractivity contribution in [3.05, 3.63) is 29.8 Å². The topological polar surface area (TPSA) is 70.2 Å². The SMILES string of the molecule is CNC(C)(C)C(=O)NCc1ccc(NC(=O)C(C)C)cc1. The molecule has 0 fully saturated rings. The standard InChI is InChI=1S/C16H25N3O2/c1-11(2)14(20)19-13-8-6-12(7-9-13)10-18-15(21)16(3,4)17-5/h6-9,11,17H,10H2,1-5H3,(H,18,21)(H,19,20). The Bertz CT molecular complexity index is 493. The molecule has 2 amide bonds. The van der Waals surface area contributed by atoms with Gasteiger partial charge < -0.3 is 16.0 Å². The van der Waals surface area contributed by atoms with Gasteiger partial charge in [-0.1, -0.05) is 26.0 Å². The molecule has 0 aromatic heterocycles. The van der Waals surface area contributed by atoms with Gasteiger partial charge in [0.05, 0.1) is 5.54 Å². The van der Waals surface area contributed by atoms with Gasteiger partial charge in [-0.05, 0) is 38.6 Å². The Morgan fingerprint density at radius 1 is 1.14 bits per heavy atom. The Hall–Kier alpha value is -1.88. The molecule has 1 rings (SSSR count). The molecule has 0 saturated carbocycles. The molecule has 0 radical (unpaired) electrons. The second kappa shape index (κ2) is 7.22. The summed E-state index contributed by atoms with van der Waals surface area (Å²) in [5.41, 5.74) is 1.16. The summed E-state index contributed by atoms with van der Waals surface area (Å²) in [6.45, 7) is 7.81. The molecule has 0 bridgehead atoms. The van der Waals surface area contributed by atoms with Crippen molar-refractivity contribution < 1.29 is 9.59 Å². The van der Waals surface area contributed by atoms with Crippen molar-refractivity contribution in [2.45, 2.75) is 39.8 Å². The first-order valence-electron chi connectivity index (χ1n) is 7.13. The highest BCUT2D eigenvalue weighted by Gasteiger charge is 2.24. The van der Waals surface area contributed by atoms with Gasteiger partial charge in [-0.2, -0.15) is 0 Å². The van der Waals surface area contributed by atoms with Crippen molar-refractivity contribution in [2.75, 3.05) is 12.4 Å². The number of rotatable bonds is 6. The zero-order valence-electron chi connectivity index (χ0n) is 13.4. The van der Waals surface area contributed by atoms with E-state index in [9.17, 15) is 9.59 Å². The smallest absolute Gasteiger partial charge is 0.239 e. The number of nitrogens with one attached hydrogen (secondary N) is 3. The van der Waals surface area contributed by atoms with Gasteiger partial charge in [0.25, 0.3) is 0 Å². The molecule has 21 heavy (non-hydrogen) atoms. The first kappa shape index (κ1) is 17.2. The predicted octanol–water partition coefficient (Wildman–Crippen LogP) is 1.90. The van der Waals surface area contributed by atoms with Gasteiger partial charge in [-0.3, -0.25) is 9.59 Å². The summed E-state index contributed by atoms with van der Waals surface area (Å²) in [4.78, 5) is 23.5. The van der Waals surface area contributed by atoms with Crippen LogP contribution in [0.15, 0.2) is 24.3 Å². The van der Waals surface area contributed by atoms with E-state index in [2.05, 4.69) is 16.0 Å². The molecule has 0 aliphatic heterocycles. The zero-order valence-corrected chi connectivity index (χ0v) is 13.4. The van der Waals surface area contributed by atoms with Crippen molar-refractivity contribution in [1.82, 2.24) is 10.6 Å². The lowest BCUT2D eigenvalue weighted by molar-refractivity contribution is -0.126. The molecule has 0 heterocycles. The normalized spacial score (nSPS) is 11.3. The first-order chi connectivity index (χ1) is 9.76. The summed E-state index contributed by atoms with van der Waals surface area (Å²) in [6, 6.07) is 7.46. The number of hydrogen-bond donors (Lipinski definition) is 3. The molecule has 0 aliphatic carbocycles. The van der Waals surface area contributed by atoms with Gasteiger partial charge in [0.15, 0.2) is 0 Å². The molecule has 0 saturated heterocycles. The largest absolute Gasteiger partial charge is 0.350 e. The Morgan fingerprint density at radius 2 is 1.71 bits per heavy atom. The summed E-state index contributed by atoms with van der Waals surface area (Å²) in [5, 5.41) is 8.67. The van der Waals surface area contributed by atoms with Crippen molar-refractivity contribution in [1.29, 1.82) is 0 Å². The van der Waals surface area contributed by atoms with Gasteiger partial charge in [-0.15, -0.1) is 0 Å². The molecule has 1 aromatic rings. The second-order valence-electron chi connectivity index (χ2n) is 5.90. The molecule has 116 valence electrons. The molecule has 0 spiro atoms. The predicted molar refractivity (Wildman–Crippen MR) is 84.9 cm³/mol. The molecule has 0 unspecified atom stereocenters. The van der Waals surface area contributed by atoms with Crippen molar-refractivity contribution >= 4 is 17.5 Å². The molecule has 0 aliphatic rings. The third kappa shape index (κ3) is 5.19. The number of carbonyl (C=O) groups is 2. The van der Waals surface area contributed by atoms with Crippen LogP contribution in [0, 0.1) is 5.92 Å². The summed E-state index contributed by atoms with van der Waals surface area (Å²) in [6.07, 6.45) is 0. The lowest BCUT2D eigenvalue weighted by Gasteiger charge is -2.22. The van der Waals surface area contributed by atoms with Crippen LogP contribution in [0.25, 0.3) is 0 Å². The number of carbonyl (C=O) groups excluding carboxylic acids is 2. The third-order valence-electron chi connectivity index (χ3n) is 3.39. The summed E-state index contributed by atoms with van der Waals surface area (Å²) in [5.74, 6) is -0.109. The fourth-order valence-electron chi connectivity index (χ4n) is 1.51. The van der Waals surface area contributed by atoms with E-state index in [4.69, 9.17) is 0 Å². The van der Waals surface area contributed by atoms with E-state index in [1.54, 1.807) is 7.05 Å². The second-order valence-corrected chi connectivity index (χ2v) is 5.90. The number of hydrogen-bond acceptors (Lipinski definition) is 3. The maximum Gasteiger partial charge on any atom is 0.239 e. The lowest BCUT2D eigenvalue weighted by Crippen LogP contribution is -2.50. The highest BCUT2D eigenvalue weighted by atomic mass is 16.2. The lowest BCUT2D eigenvalue weighted by atomic mass is 10.1. The third-order valence-corrected chi connectivity index (χ3v) is 3.39. The minimum atomic E-state index is -0.592. The van der Waals surface area contributed by atoms with Crippen LogP contribution >= 0.6 is 0 Å². The molecule has 0 atom stereocenters. The van der Waals surface area contributed by atoms with E-state index in [-0.39, 0.29) is 17.7 Å². The molecule has 5 nitrogen and oxygen atoms in total. The maximum atomic E-state index is 11.9. The Kier molecular flexibility index (Phi) is 5.90. The fraction of sp³-hybridized carbons (Fsp3) is 0.500. The van der Waals surface area contributed by atoms with Gasteiger partial charge in [0.2, 0.25) is 11.8 Å². The Balaban J connectivity index is 2.56. The van der Waals surface area contributed by atoms with Gasteiger partial charge >= 0.3 is 0 Å². The maximum absolute atomic E-state index is 11.9. The van der Waals surface area contributed by atoms with E-state index in [0.29, 0.717) is 6.54 Å². The minimum Gasteiger partial charge on any atom is -0.350 e. The van der Waals surface area contributed by atoms with Gasteiger partial charge in [0, 0.05) is 18.2 Å². The van der Waals surface area contributed by atoms with E-state index >= 15 is 0 Å². The van der Waals surface area contributed by atoms with E-state index in [1.807, 2.05) is 52.0 Å². The highest BCUT2D eigenvalue weighted by Crippen LogP contribution is 2.11. The van der Waals surface area contributed by atoms with Crippen LogP contribution in [0.5, 0.6) is 0 Å². The van der Waals surface area contributed by atoms with Crippen LogP contribution in [0.3, 0.4) is 0 Å². The number of anilines is 1. The summed E-state index contributed by atoms with van der Waals surface area (Å²) >= 11 is 0. The summed E-state index contributed by atoms with van der Waals surface area (Å²) < 4.78 is 0. The number of amides is 2. The molecule has 1 aromatic carbocycles. The number of likely N-dealkylation sites (N-methyl/N-ethyl adjacent to an activating group) is 1. The highest BCUT2D eigenvalue weighted by molar-refractivity contribution is 5.92. The van der Waals surface area contributed by atoms with Crippen LogP contribution in [-0.2, 0) is 16.1 Å². The van der Waals surface area contributed by atoms with Crippen LogP contribution in [-0.4, -0.2) is 24.4 Å². The molecular formula is C16H25N3O2. The zero-order chi connectivity index (χ0) is 16.0. The average molecular weight is 291 g/mol. The van der Waals surface area contributed by atoms with Crippen molar-refractivity contribution in [2.24, 2.45) is 5.92 Å². The number of benzene rings is 1. The minimum absolute atomic E-state index is 0.00757. The van der Waals surface area contributed by atoms with Gasteiger partial charge in [0.1, 0.15) is 0 Å². The quantitative estimate of drug-likeness (QED) is 0.749. The monoisotopic (exact) mass is 291 g/mol. The van der Waals surface area contributed by atoms with E-state index in [1.165, 1.54) is 0 Å². The molecule has 5 heteroatoms. The van der Waals surface area contributed by atoms with Crippen LogP contribution in [0.2, 0.25) is 0 Å². The Labute approximate surface area is 126 Å². The van der Waals surface area contributed by atoms with Crippen LogP contribution in [0.4, 0.5) is 5.69 Å². The first-order valence-corrected chi connectivity index (χ1v) is 7.13. The van der Waals surface area contributed by atoms with Crippen LogP contribution in [0.1, 0.15) is 33.3 Å². The molecular weight excluding hydrogens is 266 g/mol. The fourth-order valence-corrected chi connectivity index (χ4v) is 1.51. The summed E-state index contributed by atoms with van der Waals surface area (Å²) in [7, 11) is 1.76.